The van der Waals surface area contributed by atoms with Crippen molar-refractivity contribution in [1.29, 1.82) is 0 Å². The van der Waals surface area contributed by atoms with Gasteiger partial charge >= 0.3 is 0 Å². The highest BCUT2D eigenvalue weighted by atomic mass is 16.5. The van der Waals surface area contributed by atoms with Gasteiger partial charge in [0.2, 0.25) is 0 Å². The smallest absolute Gasteiger partial charge is 0.147 e. The molecule has 2 aromatic rings. The molecule has 0 amide bonds. The van der Waals surface area contributed by atoms with Crippen molar-refractivity contribution in [3.8, 4) is 11.8 Å². The number of aliphatic hydroxyl groups is 4. The average Bonchev–Trinajstić information content (AvgIpc) is 3.07. The third-order valence-corrected chi connectivity index (χ3v) is 4.65. The van der Waals surface area contributed by atoms with Crippen LogP contribution in [0.4, 0.5) is 0 Å². The number of benzene rings is 1. The Labute approximate surface area is 151 Å². The Kier molecular flexibility index (Phi) is 5.91. The van der Waals surface area contributed by atoms with Crippen molar-refractivity contribution >= 4 is 10.9 Å². The number of hydrogen-bond donors (Lipinski definition) is 4. The second-order valence-corrected chi connectivity index (χ2v) is 6.48. The molecule has 3 rings (SSSR count). The molecule has 2 heterocycles. The van der Waals surface area contributed by atoms with Crippen LogP contribution in [0.15, 0.2) is 24.4 Å². The van der Waals surface area contributed by atoms with E-state index in [1.54, 1.807) is 6.20 Å². The molecule has 0 saturated carbocycles. The minimum absolute atomic E-state index is 0.469. The summed E-state index contributed by atoms with van der Waals surface area (Å²) in [6, 6.07) is 5.73. The summed E-state index contributed by atoms with van der Waals surface area (Å²) < 4.78 is 7.36. The van der Waals surface area contributed by atoms with Gasteiger partial charge in [-0.25, -0.2) is 0 Å². The van der Waals surface area contributed by atoms with Gasteiger partial charge in [-0.05, 0) is 18.6 Å². The fourth-order valence-corrected chi connectivity index (χ4v) is 3.07. The van der Waals surface area contributed by atoms with Crippen LogP contribution in [0.3, 0.4) is 0 Å². The molecule has 26 heavy (non-hydrogen) atoms. The number of hydrogen-bond acceptors (Lipinski definition) is 6. The molecule has 1 aromatic heterocycles. The summed E-state index contributed by atoms with van der Waals surface area (Å²) in [5, 5.41) is 44.3. The molecule has 0 aliphatic carbocycles. The topological polar surface area (TPSA) is 108 Å². The predicted octanol–water partition coefficient (Wildman–Crippen LogP) is 0.0303. The zero-order chi connectivity index (χ0) is 18.7. The van der Waals surface area contributed by atoms with Crippen LogP contribution >= 0.6 is 0 Å². The van der Waals surface area contributed by atoms with E-state index >= 15 is 0 Å². The van der Waals surface area contributed by atoms with Gasteiger partial charge in [0.05, 0.1) is 18.3 Å². The lowest BCUT2D eigenvalue weighted by molar-refractivity contribution is -0.214. The van der Waals surface area contributed by atoms with Gasteiger partial charge in [-0.3, -0.25) is 4.68 Å². The van der Waals surface area contributed by atoms with Gasteiger partial charge in [0.25, 0.3) is 0 Å². The lowest BCUT2D eigenvalue weighted by atomic mass is 9.95. The molecule has 1 aliphatic rings. The van der Waals surface area contributed by atoms with Crippen LogP contribution in [0.1, 0.15) is 25.3 Å². The minimum Gasteiger partial charge on any atom is -0.394 e. The second kappa shape index (κ2) is 8.16. The van der Waals surface area contributed by atoms with Gasteiger partial charge in [0.1, 0.15) is 30.5 Å². The lowest BCUT2D eigenvalue weighted by Crippen LogP contribution is -2.58. The summed E-state index contributed by atoms with van der Waals surface area (Å²) >= 11 is 0. The zero-order valence-electron chi connectivity index (χ0n) is 14.6. The van der Waals surface area contributed by atoms with Crippen LogP contribution in [-0.4, -0.2) is 67.3 Å². The fourth-order valence-electron chi connectivity index (χ4n) is 3.07. The van der Waals surface area contributed by atoms with E-state index in [4.69, 9.17) is 4.74 Å². The molecule has 5 atom stereocenters. The molecule has 4 N–H and O–H groups in total. The summed E-state index contributed by atoms with van der Waals surface area (Å²) in [5.41, 5.74) is 1.72. The van der Waals surface area contributed by atoms with Gasteiger partial charge in [-0.15, -0.1) is 0 Å². The van der Waals surface area contributed by atoms with E-state index in [2.05, 4.69) is 23.9 Å². The van der Waals surface area contributed by atoms with Gasteiger partial charge in [-0.1, -0.05) is 31.3 Å². The molecular formula is C19H24N2O5. The van der Waals surface area contributed by atoms with E-state index in [1.165, 1.54) is 0 Å². The first-order chi connectivity index (χ1) is 12.6. The highest BCUT2D eigenvalue weighted by Crippen LogP contribution is 2.22. The monoisotopic (exact) mass is 360 g/mol. The minimum atomic E-state index is -1.42. The number of aromatic nitrogens is 2. The molecule has 1 aromatic carbocycles. The molecule has 0 bridgehead atoms. The van der Waals surface area contributed by atoms with Crippen LogP contribution in [0.5, 0.6) is 0 Å². The van der Waals surface area contributed by atoms with Crippen molar-refractivity contribution in [1.82, 2.24) is 9.78 Å². The Hall–Kier alpha value is -1.95. The van der Waals surface area contributed by atoms with Gasteiger partial charge in [-0.2, -0.15) is 5.10 Å². The van der Waals surface area contributed by atoms with Crippen molar-refractivity contribution < 1.29 is 25.2 Å². The quantitative estimate of drug-likeness (QED) is 0.573. The lowest BCUT2D eigenvalue weighted by Gasteiger charge is -2.37. The Bertz CT molecular complexity index is 807. The summed E-state index contributed by atoms with van der Waals surface area (Å²) in [6.07, 6.45) is -2.23. The van der Waals surface area contributed by atoms with Crippen molar-refractivity contribution in [3.05, 3.63) is 30.0 Å². The Balaban J connectivity index is 1.86. The second-order valence-electron chi connectivity index (χ2n) is 6.48. The van der Waals surface area contributed by atoms with E-state index < -0.39 is 37.1 Å². The van der Waals surface area contributed by atoms with Crippen LogP contribution in [0.2, 0.25) is 0 Å². The SMILES string of the molecule is CCCCn1ncc2c(C#C[C@H]3O[C@H](CO)[C@@H](O)[C@H](O)[C@@H]3O)cccc21. The highest BCUT2D eigenvalue weighted by molar-refractivity contribution is 5.85. The molecule has 1 fully saturated rings. The third-order valence-electron chi connectivity index (χ3n) is 4.65. The van der Waals surface area contributed by atoms with Crippen molar-refractivity contribution in [2.75, 3.05) is 6.61 Å². The normalized spacial score (nSPS) is 28.7. The first-order valence-electron chi connectivity index (χ1n) is 8.83. The maximum atomic E-state index is 10.1. The molecular weight excluding hydrogens is 336 g/mol. The zero-order valence-corrected chi connectivity index (χ0v) is 14.6. The Morgan fingerprint density at radius 3 is 2.73 bits per heavy atom. The summed E-state index contributed by atoms with van der Waals surface area (Å²) in [6.45, 7) is 2.50. The standard InChI is InChI=1S/C19H24N2O5/c1-2-3-9-21-14-6-4-5-12(13(14)10-20-21)7-8-15-17(23)19(25)18(24)16(11-22)26-15/h4-6,10,15-19,22-25H,2-3,9,11H2,1H3/t15-,16-,17-,18-,19-/m1/s1. The third kappa shape index (κ3) is 3.61. The fraction of sp³-hybridized carbons (Fsp3) is 0.526. The van der Waals surface area contributed by atoms with Crippen molar-refractivity contribution in [2.24, 2.45) is 0 Å². The Morgan fingerprint density at radius 2 is 2.00 bits per heavy atom. The van der Waals surface area contributed by atoms with E-state index in [0.717, 1.165) is 35.9 Å². The van der Waals surface area contributed by atoms with E-state index in [9.17, 15) is 20.4 Å². The number of unbranched alkanes of at least 4 members (excludes halogenated alkanes) is 1. The molecule has 7 nitrogen and oxygen atoms in total. The van der Waals surface area contributed by atoms with Gasteiger partial charge < -0.3 is 25.2 Å². The number of nitrogens with zero attached hydrogens (tertiary/aromatic N) is 2. The summed E-state index contributed by atoms with van der Waals surface area (Å²) in [5.74, 6) is 5.78. The number of rotatable bonds is 4. The van der Waals surface area contributed by atoms with Gasteiger partial charge in [0, 0.05) is 17.5 Å². The molecule has 1 aliphatic heterocycles. The van der Waals surface area contributed by atoms with Crippen LogP contribution in [-0.2, 0) is 11.3 Å². The maximum Gasteiger partial charge on any atom is 0.147 e. The highest BCUT2D eigenvalue weighted by Gasteiger charge is 2.42. The summed E-state index contributed by atoms with van der Waals surface area (Å²) in [4.78, 5) is 0. The molecule has 140 valence electrons. The van der Waals surface area contributed by atoms with Crippen LogP contribution in [0, 0.1) is 11.8 Å². The maximum absolute atomic E-state index is 10.1. The van der Waals surface area contributed by atoms with Crippen LogP contribution < -0.4 is 0 Å². The Morgan fingerprint density at radius 1 is 1.19 bits per heavy atom. The van der Waals surface area contributed by atoms with Crippen molar-refractivity contribution in [2.45, 2.75) is 56.8 Å². The predicted molar refractivity (Wildman–Crippen MR) is 95.3 cm³/mol. The van der Waals surface area contributed by atoms with E-state index in [1.807, 2.05) is 22.9 Å². The molecule has 7 heteroatoms. The summed E-state index contributed by atoms with van der Waals surface area (Å²) in [7, 11) is 0. The number of fused-ring (bicyclic) bond motifs is 1. The number of ether oxygens (including phenoxy) is 1. The first-order valence-corrected chi connectivity index (χ1v) is 8.83. The molecule has 0 radical (unpaired) electrons. The molecule has 0 spiro atoms. The molecule has 0 unspecified atom stereocenters. The molecule has 1 saturated heterocycles. The van der Waals surface area contributed by atoms with E-state index in [0.29, 0.717) is 0 Å². The van der Waals surface area contributed by atoms with Gasteiger partial charge in [0.15, 0.2) is 0 Å². The van der Waals surface area contributed by atoms with Crippen molar-refractivity contribution in [3.63, 3.8) is 0 Å². The van der Waals surface area contributed by atoms with Crippen LogP contribution in [0.25, 0.3) is 10.9 Å². The largest absolute Gasteiger partial charge is 0.394 e. The number of aliphatic hydroxyl groups excluding tert-OH is 4. The number of aryl methyl sites for hydroxylation is 1. The van der Waals surface area contributed by atoms with E-state index in [-0.39, 0.29) is 0 Å². The first kappa shape index (κ1) is 18.8. The average molecular weight is 360 g/mol.